The maximum atomic E-state index is 12.9. The predicted octanol–water partition coefficient (Wildman–Crippen LogP) is 2.65. The summed E-state index contributed by atoms with van der Waals surface area (Å²) in [4.78, 5) is 26.5. The van der Waals surface area contributed by atoms with Gasteiger partial charge in [0.15, 0.2) is 6.10 Å². The molecule has 1 heterocycles. The Morgan fingerprint density at radius 2 is 1.76 bits per heavy atom. The minimum absolute atomic E-state index is 0.0142. The quantitative estimate of drug-likeness (QED) is 0.781. The van der Waals surface area contributed by atoms with Gasteiger partial charge in [0.05, 0.1) is 6.42 Å². The second-order valence-corrected chi connectivity index (χ2v) is 7.22. The average molecular weight is 400 g/mol. The Morgan fingerprint density at radius 3 is 2.38 bits per heavy atom. The first kappa shape index (κ1) is 20.6. The van der Waals surface area contributed by atoms with Crippen molar-refractivity contribution in [2.45, 2.75) is 38.3 Å². The van der Waals surface area contributed by atoms with E-state index in [1.54, 1.807) is 36.1 Å². The minimum atomic E-state index is -0.635. The smallest absolute Gasteiger partial charge is 0.263 e. The normalized spacial score (nSPS) is 15.6. The number of amides is 2. The van der Waals surface area contributed by atoms with Gasteiger partial charge in [-0.15, -0.1) is 0 Å². The van der Waals surface area contributed by atoms with Crippen LogP contribution in [0.5, 0.6) is 11.5 Å². The van der Waals surface area contributed by atoms with Crippen LogP contribution in [0.4, 0.5) is 4.39 Å². The van der Waals surface area contributed by atoms with Crippen LogP contribution in [0.25, 0.3) is 0 Å². The SMILES string of the molecule is CC(Oc1ccc(O)cc1)C(=O)N1CCC(NC(=O)Cc2ccc(F)cc2)CC1. The number of rotatable bonds is 6. The van der Waals surface area contributed by atoms with Crippen LogP contribution in [-0.2, 0) is 16.0 Å². The van der Waals surface area contributed by atoms with Crippen molar-refractivity contribution >= 4 is 11.8 Å². The zero-order chi connectivity index (χ0) is 20.8. The first-order chi connectivity index (χ1) is 13.9. The highest BCUT2D eigenvalue weighted by molar-refractivity contribution is 5.81. The van der Waals surface area contributed by atoms with Gasteiger partial charge in [-0.05, 0) is 61.7 Å². The van der Waals surface area contributed by atoms with Crippen molar-refractivity contribution in [2.75, 3.05) is 13.1 Å². The molecule has 0 spiro atoms. The standard InChI is InChI=1S/C22H25FN2O4/c1-15(29-20-8-6-19(26)7-9-20)22(28)25-12-10-18(11-13-25)24-21(27)14-16-2-4-17(23)5-3-16/h2-9,15,18,26H,10-14H2,1H3,(H,24,27). The Labute approximate surface area is 169 Å². The number of benzene rings is 2. The Kier molecular flexibility index (Phi) is 6.69. The molecule has 1 fully saturated rings. The molecule has 2 aromatic carbocycles. The van der Waals surface area contributed by atoms with Gasteiger partial charge in [0, 0.05) is 19.1 Å². The zero-order valence-electron chi connectivity index (χ0n) is 16.3. The van der Waals surface area contributed by atoms with Crippen LogP contribution in [-0.4, -0.2) is 47.1 Å². The van der Waals surface area contributed by atoms with Gasteiger partial charge in [0.2, 0.25) is 5.91 Å². The van der Waals surface area contributed by atoms with E-state index in [9.17, 15) is 19.1 Å². The van der Waals surface area contributed by atoms with Crippen molar-refractivity contribution < 1.29 is 23.8 Å². The third-order valence-corrected chi connectivity index (χ3v) is 4.95. The predicted molar refractivity (Wildman–Crippen MR) is 106 cm³/mol. The average Bonchev–Trinajstić information content (AvgIpc) is 2.71. The van der Waals surface area contributed by atoms with Gasteiger partial charge in [-0.3, -0.25) is 9.59 Å². The van der Waals surface area contributed by atoms with Gasteiger partial charge in [-0.25, -0.2) is 4.39 Å². The summed E-state index contributed by atoms with van der Waals surface area (Å²) in [6, 6.07) is 12.1. The number of carbonyl (C=O) groups is 2. The van der Waals surface area contributed by atoms with Crippen molar-refractivity contribution in [3.8, 4) is 11.5 Å². The first-order valence-electron chi connectivity index (χ1n) is 9.69. The fraction of sp³-hybridized carbons (Fsp3) is 0.364. The first-order valence-corrected chi connectivity index (χ1v) is 9.69. The molecule has 0 radical (unpaired) electrons. The van der Waals surface area contributed by atoms with Gasteiger partial charge < -0.3 is 20.1 Å². The molecule has 0 aliphatic carbocycles. The lowest BCUT2D eigenvalue weighted by atomic mass is 10.0. The van der Waals surface area contributed by atoms with E-state index in [1.807, 2.05) is 0 Å². The molecule has 1 aliphatic rings. The number of phenols is 1. The molecule has 0 saturated carbocycles. The van der Waals surface area contributed by atoms with Crippen molar-refractivity contribution in [3.63, 3.8) is 0 Å². The molecule has 7 heteroatoms. The van der Waals surface area contributed by atoms with E-state index in [4.69, 9.17) is 4.74 Å². The number of likely N-dealkylation sites (tertiary alicyclic amines) is 1. The summed E-state index contributed by atoms with van der Waals surface area (Å²) >= 11 is 0. The maximum Gasteiger partial charge on any atom is 0.263 e. The van der Waals surface area contributed by atoms with Crippen LogP contribution in [0.3, 0.4) is 0 Å². The summed E-state index contributed by atoms with van der Waals surface area (Å²) in [5, 5.41) is 12.3. The zero-order valence-corrected chi connectivity index (χ0v) is 16.3. The van der Waals surface area contributed by atoms with E-state index in [2.05, 4.69) is 5.32 Å². The Hall–Kier alpha value is -3.09. The number of ether oxygens (including phenoxy) is 1. The minimum Gasteiger partial charge on any atom is -0.508 e. The lowest BCUT2D eigenvalue weighted by Gasteiger charge is -2.33. The van der Waals surface area contributed by atoms with E-state index in [1.165, 1.54) is 24.3 Å². The maximum absolute atomic E-state index is 12.9. The molecule has 0 bridgehead atoms. The van der Waals surface area contributed by atoms with Crippen molar-refractivity contribution in [2.24, 2.45) is 0 Å². The summed E-state index contributed by atoms with van der Waals surface area (Å²) in [6.45, 7) is 2.79. The van der Waals surface area contributed by atoms with E-state index in [0.29, 0.717) is 31.7 Å². The van der Waals surface area contributed by atoms with Gasteiger partial charge in [-0.1, -0.05) is 12.1 Å². The Balaban J connectivity index is 1.43. The largest absolute Gasteiger partial charge is 0.508 e. The van der Waals surface area contributed by atoms with Crippen molar-refractivity contribution in [3.05, 3.63) is 59.9 Å². The van der Waals surface area contributed by atoms with E-state index < -0.39 is 6.10 Å². The van der Waals surface area contributed by atoms with Crippen LogP contribution in [0, 0.1) is 5.82 Å². The Morgan fingerprint density at radius 1 is 1.14 bits per heavy atom. The molecule has 2 aromatic rings. The molecule has 154 valence electrons. The van der Waals surface area contributed by atoms with Crippen LogP contribution < -0.4 is 10.1 Å². The van der Waals surface area contributed by atoms with E-state index in [0.717, 1.165) is 5.56 Å². The summed E-state index contributed by atoms with van der Waals surface area (Å²) in [6.07, 6.45) is 0.917. The molecule has 6 nitrogen and oxygen atoms in total. The number of nitrogens with zero attached hydrogens (tertiary/aromatic N) is 1. The molecule has 29 heavy (non-hydrogen) atoms. The monoisotopic (exact) mass is 400 g/mol. The van der Waals surface area contributed by atoms with Crippen LogP contribution in [0.1, 0.15) is 25.3 Å². The van der Waals surface area contributed by atoms with E-state index in [-0.39, 0.29) is 35.8 Å². The third kappa shape index (κ3) is 5.94. The lowest BCUT2D eigenvalue weighted by molar-refractivity contribution is -0.139. The van der Waals surface area contributed by atoms with Crippen molar-refractivity contribution in [1.82, 2.24) is 10.2 Å². The third-order valence-electron chi connectivity index (χ3n) is 4.95. The van der Waals surface area contributed by atoms with Gasteiger partial charge in [0.25, 0.3) is 5.91 Å². The van der Waals surface area contributed by atoms with Gasteiger partial charge in [0.1, 0.15) is 17.3 Å². The van der Waals surface area contributed by atoms with Gasteiger partial charge >= 0.3 is 0 Å². The number of phenolic OH excluding ortho intramolecular Hbond substituents is 1. The van der Waals surface area contributed by atoms with Crippen LogP contribution in [0.15, 0.2) is 48.5 Å². The van der Waals surface area contributed by atoms with Crippen LogP contribution >= 0.6 is 0 Å². The number of aromatic hydroxyl groups is 1. The molecule has 0 aromatic heterocycles. The fourth-order valence-corrected chi connectivity index (χ4v) is 3.35. The topological polar surface area (TPSA) is 78.9 Å². The molecular weight excluding hydrogens is 375 g/mol. The molecule has 3 rings (SSSR count). The Bertz CT molecular complexity index is 831. The van der Waals surface area contributed by atoms with E-state index >= 15 is 0 Å². The van der Waals surface area contributed by atoms with Crippen LogP contribution in [0.2, 0.25) is 0 Å². The highest BCUT2D eigenvalue weighted by atomic mass is 19.1. The molecule has 2 N–H and O–H groups in total. The number of carbonyl (C=O) groups excluding carboxylic acids is 2. The highest BCUT2D eigenvalue weighted by Gasteiger charge is 2.27. The molecular formula is C22H25FN2O4. The lowest BCUT2D eigenvalue weighted by Crippen LogP contribution is -2.49. The number of nitrogens with one attached hydrogen (secondary N) is 1. The molecule has 1 unspecified atom stereocenters. The number of halogens is 1. The summed E-state index contributed by atoms with van der Waals surface area (Å²) in [7, 11) is 0. The second-order valence-electron chi connectivity index (χ2n) is 7.22. The summed E-state index contributed by atoms with van der Waals surface area (Å²) in [5.41, 5.74) is 0.761. The fourth-order valence-electron chi connectivity index (χ4n) is 3.35. The molecule has 2 amide bonds. The highest BCUT2D eigenvalue weighted by Crippen LogP contribution is 2.19. The second kappa shape index (κ2) is 9.41. The summed E-state index contributed by atoms with van der Waals surface area (Å²) < 4.78 is 18.6. The molecule has 1 atom stereocenters. The molecule has 1 aliphatic heterocycles. The number of hydrogen-bond acceptors (Lipinski definition) is 4. The van der Waals surface area contributed by atoms with Gasteiger partial charge in [-0.2, -0.15) is 0 Å². The summed E-state index contributed by atoms with van der Waals surface area (Å²) in [5.74, 6) is 0.126. The van der Waals surface area contributed by atoms with Crippen molar-refractivity contribution in [1.29, 1.82) is 0 Å². The number of hydrogen-bond donors (Lipinski definition) is 2. The molecule has 1 saturated heterocycles. The number of piperidine rings is 1.